The quantitative estimate of drug-likeness (QED) is 0.855. The van der Waals surface area contributed by atoms with Gasteiger partial charge in [-0.05, 0) is 73.5 Å². The Labute approximate surface area is 132 Å². The minimum Gasteiger partial charge on any atom is -0.309 e. The molecular weight excluding hydrogens is 278 g/mol. The molecule has 2 aromatic carbocycles. The largest absolute Gasteiger partial charge is 0.309 e. The fourth-order valence-corrected chi connectivity index (χ4v) is 3.55. The summed E-state index contributed by atoms with van der Waals surface area (Å²) in [4.78, 5) is 0. The number of aryl methyl sites for hydroxylation is 2. The van der Waals surface area contributed by atoms with Crippen LogP contribution in [-0.4, -0.2) is 7.05 Å². The van der Waals surface area contributed by atoms with E-state index in [2.05, 4.69) is 36.5 Å². The summed E-state index contributed by atoms with van der Waals surface area (Å²) in [5, 5.41) is 4.29. The second kappa shape index (κ2) is 6.21. The smallest absolute Gasteiger partial charge is 0.0577 e. The SMILES string of the molecule is CNC(c1ccc2c(c1)CCCC2)c1cccc(Cl)c1C. The summed E-state index contributed by atoms with van der Waals surface area (Å²) in [5.74, 6) is 0. The summed E-state index contributed by atoms with van der Waals surface area (Å²) in [6, 6.07) is 13.3. The van der Waals surface area contributed by atoms with Crippen LogP contribution in [0, 0.1) is 6.92 Å². The third-order valence-corrected chi connectivity index (χ3v) is 5.02. The number of fused-ring (bicyclic) bond motifs is 1. The van der Waals surface area contributed by atoms with Gasteiger partial charge in [0, 0.05) is 5.02 Å². The lowest BCUT2D eigenvalue weighted by molar-refractivity contribution is 0.666. The summed E-state index contributed by atoms with van der Waals surface area (Å²) in [6.07, 6.45) is 5.09. The fourth-order valence-electron chi connectivity index (χ4n) is 3.37. The second-order valence-electron chi connectivity index (χ2n) is 5.91. The summed E-state index contributed by atoms with van der Waals surface area (Å²) >= 11 is 6.29. The first-order valence-corrected chi connectivity index (χ1v) is 8.12. The predicted molar refractivity (Wildman–Crippen MR) is 90.2 cm³/mol. The van der Waals surface area contributed by atoms with Gasteiger partial charge in [-0.2, -0.15) is 0 Å². The Morgan fingerprint density at radius 3 is 2.57 bits per heavy atom. The molecule has 1 atom stereocenters. The summed E-state index contributed by atoms with van der Waals surface area (Å²) in [6.45, 7) is 2.10. The molecule has 0 aliphatic heterocycles. The van der Waals surface area contributed by atoms with E-state index in [9.17, 15) is 0 Å². The molecule has 110 valence electrons. The summed E-state index contributed by atoms with van der Waals surface area (Å²) in [7, 11) is 2.02. The van der Waals surface area contributed by atoms with Crippen LogP contribution in [0.25, 0.3) is 0 Å². The molecule has 0 amide bonds. The highest BCUT2D eigenvalue weighted by molar-refractivity contribution is 6.31. The second-order valence-corrected chi connectivity index (χ2v) is 6.32. The Balaban J connectivity index is 2.02. The third kappa shape index (κ3) is 2.86. The number of hydrogen-bond donors (Lipinski definition) is 1. The van der Waals surface area contributed by atoms with Crippen molar-refractivity contribution in [2.45, 2.75) is 38.6 Å². The number of benzene rings is 2. The van der Waals surface area contributed by atoms with Gasteiger partial charge < -0.3 is 5.32 Å². The summed E-state index contributed by atoms with van der Waals surface area (Å²) < 4.78 is 0. The number of halogens is 1. The molecule has 1 N–H and O–H groups in total. The molecule has 1 nitrogen and oxygen atoms in total. The average Bonchev–Trinajstić information content (AvgIpc) is 2.52. The maximum absolute atomic E-state index is 6.29. The zero-order valence-electron chi connectivity index (χ0n) is 12.7. The Bertz CT molecular complexity index is 648. The minimum absolute atomic E-state index is 0.205. The molecule has 0 aromatic heterocycles. The van der Waals surface area contributed by atoms with Crippen molar-refractivity contribution in [1.29, 1.82) is 0 Å². The van der Waals surface area contributed by atoms with Crippen LogP contribution in [-0.2, 0) is 12.8 Å². The lowest BCUT2D eigenvalue weighted by Gasteiger charge is -2.23. The first-order chi connectivity index (χ1) is 10.2. The lowest BCUT2D eigenvalue weighted by Crippen LogP contribution is -2.19. The lowest BCUT2D eigenvalue weighted by atomic mass is 9.87. The van der Waals surface area contributed by atoms with Crippen LogP contribution >= 0.6 is 11.6 Å². The molecule has 0 fully saturated rings. The topological polar surface area (TPSA) is 12.0 Å². The van der Waals surface area contributed by atoms with E-state index in [0.29, 0.717) is 0 Å². The minimum atomic E-state index is 0.205. The number of hydrogen-bond acceptors (Lipinski definition) is 1. The van der Waals surface area contributed by atoms with E-state index in [1.165, 1.54) is 47.9 Å². The standard InChI is InChI=1S/C19H22ClN/c1-13-17(8-5-9-18(13)20)19(21-2)16-11-10-14-6-3-4-7-15(14)12-16/h5,8-12,19,21H,3-4,6-7H2,1-2H3. The van der Waals surface area contributed by atoms with Gasteiger partial charge in [-0.3, -0.25) is 0 Å². The molecule has 21 heavy (non-hydrogen) atoms. The molecule has 2 heteroatoms. The first-order valence-electron chi connectivity index (χ1n) is 7.74. The normalized spacial score (nSPS) is 15.6. The van der Waals surface area contributed by atoms with Crippen LogP contribution < -0.4 is 5.32 Å². The monoisotopic (exact) mass is 299 g/mol. The van der Waals surface area contributed by atoms with Gasteiger partial charge in [0.05, 0.1) is 6.04 Å². The van der Waals surface area contributed by atoms with Crippen LogP contribution in [0.2, 0.25) is 5.02 Å². The number of nitrogens with one attached hydrogen (secondary N) is 1. The summed E-state index contributed by atoms with van der Waals surface area (Å²) in [5.41, 5.74) is 6.82. The van der Waals surface area contributed by atoms with Crippen molar-refractivity contribution >= 4 is 11.6 Å². The molecular formula is C19H22ClN. The van der Waals surface area contributed by atoms with Gasteiger partial charge in [0.2, 0.25) is 0 Å². The molecule has 0 saturated heterocycles. The third-order valence-electron chi connectivity index (χ3n) is 4.62. The van der Waals surface area contributed by atoms with Crippen molar-refractivity contribution in [3.8, 4) is 0 Å². The van der Waals surface area contributed by atoms with Crippen molar-refractivity contribution in [3.63, 3.8) is 0 Å². The molecule has 0 bridgehead atoms. The van der Waals surface area contributed by atoms with Crippen molar-refractivity contribution in [1.82, 2.24) is 5.32 Å². The maximum Gasteiger partial charge on any atom is 0.0577 e. The van der Waals surface area contributed by atoms with E-state index >= 15 is 0 Å². The molecule has 1 aliphatic rings. The molecule has 1 aliphatic carbocycles. The fraction of sp³-hybridized carbons (Fsp3) is 0.368. The highest BCUT2D eigenvalue weighted by Crippen LogP contribution is 2.31. The zero-order valence-corrected chi connectivity index (χ0v) is 13.5. The van der Waals surface area contributed by atoms with Crippen molar-refractivity contribution in [2.24, 2.45) is 0 Å². The van der Waals surface area contributed by atoms with Gasteiger partial charge in [0.25, 0.3) is 0 Å². The van der Waals surface area contributed by atoms with E-state index in [1.54, 1.807) is 0 Å². The molecule has 0 spiro atoms. The average molecular weight is 300 g/mol. The van der Waals surface area contributed by atoms with Gasteiger partial charge in [-0.15, -0.1) is 0 Å². The Morgan fingerprint density at radius 2 is 1.81 bits per heavy atom. The Morgan fingerprint density at radius 1 is 1.05 bits per heavy atom. The highest BCUT2D eigenvalue weighted by atomic mass is 35.5. The van der Waals surface area contributed by atoms with Crippen molar-refractivity contribution in [3.05, 3.63) is 69.2 Å². The molecule has 0 saturated carbocycles. The van der Waals surface area contributed by atoms with Crippen LogP contribution in [0.1, 0.15) is 46.7 Å². The van der Waals surface area contributed by atoms with Crippen LogP contribution in [0.5, 0.6) is 0 Å². The van der Waals surface area contributed by atoms with E-state index in [0.717, 1.165) is 10.6 Å². The maximum atomic E-state index is 6.29. The number of rotatable bonds is 3. The van der Waals surface area contributed by atoms with Gasteiger partial charge >= 0.3 is 0 Å². The van der Waals surface area contributed by atoms with Crippen LogP contribution in [0.15, 0.2) is 36.4 Å². The van der Waals surface area contributed by atoms with E-state index in [-0.39, 0.29) is 6.04 Å². The van der Waals surface area contributed by atoms with Gasteiger partial charge in [-0.1, -0.05) is 41.9 Å². The molecule has 3 rings (SSSR count). The van der Waals surface area contributed by atoms with E-state index in [1.807, 2.05) is 19.2 Å². The van der Waals surface area contributed by atoms with Crippen molar-refractivity contribution in [2.75, 3.05) is 7.05 Å². The highest BCUT2D eigenvalue weighted by Gasteiger charge is 2.18. The van der Waals surface area contributed by atoms with Gasteiger partial charge in [0.15, 0.2) is 0 Å². The van der Waals surface area contributed by atoms with E-state index in [4.69, 9.17) is 11.6 Å². The van der Waals surface area contributed by atoms with Gasteiger partial charge in [0.1, 0.15) is 0 Å². The Kier molecular flexibility index (Phi) is 4.32. The van der Waals surface area contributed by atoms with Crippen molar-refractivity contribution < 1.29 is 0 Å². The molecule has 0 radical (unpaired) electrons. The first kappa shape index (κ1) is 14.6. The van der Waals surface area contributed by atoms with Gasteiger partial charge in [-0.25, -0.2) is 0 Å². The van der Waals surface area contributed by atoms with E-state index < -0.39 is 0 Å². The zero-order chi connectivity index (χ0) is 14.8. The predicted octanol–water partition coefficient (Wildman–Crippen LogP) is 4.84. The van der Waals surface area contributed by atoms with Crippen LogP contribution in [0.3, 0.4) is 0 Å². The molecule has 1 unspecified atom stereocenters. The van der Waals surface area contributed by atoms with Crippen LogP contribution in [0.4, 0.5) is 0 Å². The Hall–Kier alpha value is -1.31. The molecule has 2 aromatic rings. The molecule has 0 heterocycles.